The molecule has 0 saturated heterocycles. The summed E-state index contributed by atoms with van der Waals surface area (Å²) in [5.41, 5.74) is 8.52. The summed E-state index contributed by atoms with van der Waals surface area (Å²) in [6, 6.07) is 34.1. The lowest BCUT2D eigenvalue weighted by atomic mass is 9.96. The molecule has 0 aromatic heterocycles. The van der Waals surface area contributed by atoms with E-state index in [0.717, 1.165) is 22.3 Å². The second kappa shape index (κ2) is 8.45. The predicted octanol–water partition coefficient (Wildman–Crippen LogP) is 8.09. The summed E-state index contributed by atoms with van der Waals surface area (Å²) >= 11 is 3.49. The molecule has 4 aromatic rings. The van der Waals surface area contributed by atoms with E-state index >= 15 is 0 Å². The second-order valence-electron chi connectivity index (χ2n) is 6.77. The molecule has 138 valence electrons. The van der Waals surface area contributed by atoms with Crippen LogP contribution in [0.15, 0.2) is 102 Å². The average molecular weight is 428 g/mol. The molecular formula is C26H22BrN. The van der Waals surface area contributed by atoms with Crippen molar-refractivity contribution in [3.8, 4) is 22.3 Å². The lowest BCUT2D eigenvalue weighted by Gasteiger charge is -2.15. The van der Waals surface area contributed by atoms with Crippen molar-refractivity contribution in [3.05, 3.63) is 107 Å². The highest BCUT2D eigenvalue weighted by atomic mass is 79.9. The molecule has 0 radical (unpaired) electrons. The van der Waals surface area contributed by atoms with Crippen LogP contribution in [0.5, 0.6) is 0 Å². The van der Waals surface area contributed by atoms with Crippen molar-refractivity contribution < 1.29 is 0 Å². The molecule has 0 unspecified atom stereocenters. The summed E-state index contributed by atoms with van der Waals surface area (Å²) in [6.45, 7) is 2.20. The Morgan fingerprint density at radius 3 is 1.89 bits per heavy atom. The topological polar surface area (TPSA) is 12.0 Å². The van der Waals surface area contributed by atoms with E-state index < -0.39 is 0 Å². The molecule has 1 nitrogen and oxygen atoms in total. The van der Waals surface area contributed by atoms with Crippen molar-refractivity contribution in [2.75, 3.05) is 5.32 Å². The van der Waals surface area contributed by atoms with Crippen molar-refractivity contribution >= 4 is 27.3 Å². The van der Waals surface area contributed by atoms with Gasteiger partial charge in [0.25, 0.3) is 0 Å². The van der Waals surface area contributed by atoms with Crippen LogP contribution in [0.3, 0.4) is 0 Å². The molecule has 4 rings (SSSR count). The molecule has 2 heteroatoms. The maximum absolute atomic E-state index is 3.60. The number of anilines is 2. The molecule has 0 aliphatic heterocycles. The Hall–Kier alpha value is -2.84. The molecule has 0 heterocycles. The van der Waals surface area contributed by atoms with Gasteiger partial charge in [-0.25, -0.2) is 0 Å². The highest BCUT2D eigenvalue weighted by Gasteiger charge is 2.08. The van der Waals surface area contributed by atoms with Gasteiger partial charge in [0, 0.05) is 21.4 Å². The molecule has 0 bridgehead atoms. The molecular weight excluding hydrogens is 406 g/mol. The van der Waals surface area contributed by atoms with E-state index in [1.165, 1.54) is 27.8 Å². The minimum Gasteiger partial charge on any atom is -0.355 e. The van der Waals surface area contributed by atoms with Gasteiger partial charge in [-0.1, -0.05) is 89.6 Å². The van der Waals surface area contributed by atoms with Crippen LogP contribution < -0.4 is 5.32 Å². The molecule has 0 amide bonds. The monoisotopic (exact) mass is 427 g/mol. The molecule has 0 fully saturated rings. The maximum atomic E-state index is 3.60. The van der Waals surface area contributed by atoms with Gasteiger partial charge in [0.15, 0.2) is 0 Å². The van der Waals surface area contributed by atoms with Gasteiger partial charge in [0.2, 0.25) is 0 Å². The normalized spacial score (nSPS) is 10.6. The van der Waals surface area contributed by atoms with Gasteiger partial charge in [-0.3, -0.25) is 0 Å². The van der Waals surface area contributed by atoms with Crippen LogP contribution in [0.2, 0.25) is 0 Å². The molecule has 28 heavy (non-hydrogen) atoms. The Morgan fingerprint density at radius 2 is 1.21 bits per heavy atom. The molecule has 1 N–H and O–H groups in total. The number of para-hydroxylation sites is 1. The summed E-state index contributed by atoms with van der Waals surface area (Å²) in [5, 5.41) is 3.60. The van der Waals surface area contributed by atoms with Crippen molar-refractivity contribution in [1.29, 1.82) is 0 Å². The number of nitrogens with one attached hydrogen (secondary N) is 1. The van der Waals surface area contributed by atoms with Crippen molar-refractivity contribution in [2.45, 2.75) is 13.3 Å². The van der Waals surface area contributed by atoms with E-state index in [9.17, 15) is 0 Å². The average Bonchev–Trinajstić information content (AvgIpc) is 2.75. The van der Waals surface area contributed by atoms with Crippen molar-refractivity contribution in [3.63, 3.8) is 0 Å². The van der Waals surface area contributed by atoms with E-state index in [4.69, 9.17) is 0 Å². The smallest absolute Gasteiger partial charge is 0.0464 e. The molecule has 0 atom stereocenters. The Bertz CT molecular complexity index is 1070. The van der Waals surface area contributed by atoms with Crippen molar-refractivity contribution in [1.82, 2.24) is 0 Å². The van der Waals surface area contributed by atoms with E-state index in [2.05, 4.69) is 125 Å². The number of rotatable bonds is 5. The third-order valence-corrected chi connectivity index (χ3v) is 5.49. The SMILES string of the molecule is CCc1ccccc1-c1ccccc1Nc1ccc(-c2ccc(Br)cc2)cc1. The first-order valence-electron chi connectivity index (χ1n) is 9.55. The number of halogens is 1. The Labute approximate surface area is 175 Å². The Morgan fingerprint density at radius 1 is 0.643 bits per heavy atom. The fourth-order valence-electron chi connectivity index (χ4n) is 3.46. The van der Waals surface area contributed by atoms with Crippen LogP contribution in [-0.2, 0) is 6.42 Å². The van der Waals surface area contributed by atoms with Gasteiger partial charge in [-0.05, 0) is 59.0 Å². The van der Waals surface area contributed by atoms with Crippen LogP contribution in [0, 0.1) is 0 Å². The van der Waals surface area contributed by atoms with Gasteiger partial charge in [0.1, 0.15) is 0 Å². The van der Waals surface area contributed by atoms with E-state index in [-0.39, 0.29) is 0 Å². The molecule has 0 aliphatic rings. The fourth-order valence-corrected chi connectivity index (χ4v) is 3.73. The zero-order chi connectivity index (χ0) is 19.3. The Kier molecular flexibility index (Phi) is 5.59. The summed E-state index contributed by atoms with van der Waals surface area (Å²) in [7, 11) is 0. The minimum atomic E-state index is 1.02. The van der Waals surface area contributed by atoms with Gasteiger partial charge < -0.3 is 5.32 Å². The molecule has 0 saturated carbocycles. The quantitative estimate of drug-likeness (QED) is 0.339. The van der Waals surface area contributed by atoms with Crippen molar-refractivity contribution in [2.24, 2.45) is 0 Å². The number of aryl methyl sites for hydroxylation is 1. The molecule has 4 aromatic carbocycles. The number of hydrogen-bond donors (Lipinski definition) is 1. The third kappa shape index (κ3) is 4.02. The largest absolute Gasteiger partial charge is 0.355 e. The van der Waals surface area contributed by atoms with Crippen LogP contribution in [0.25, 0.3) is 22.3 Å². The van der Waals surface area contributed by atoms with Crippen LogP contribution in [0.4, 0.5) is 11.4 Å². The first-order valence-corrected chi connectivity index (χ1v) is 10.3. The standard InChI is InChI=1S/C26H22BrN/c1-2-19-7-3-4-8-24(19)25-9-5-6-10-26(25)28-23-17-13-21(14-18-23)20-11-15-22(27)16-12-20/h3-18,28H,2H2,1H3. The van der Waals surface area contributed by atoms with Gasteiger partial charge in [-0.2, -0.15) is 0 Å². The number of benzene rings is 4. The maximum Gasteiger partial charge on any atom is 0.0464 e. The van der Waals surface area contributed by atoms with Crippen LogP contribution >= 0.6 is 15.9 Å². The second-order valence-corrected chi connectivity index (χ2v) is 7.68. The summed E-state index contributed by atoms with van der Waals surface area (Å²) in [4.78, 5) is 0. The van der Waals surface area contributed by atoms with E-state index in [1.807, 2.05) is 0 Å². The van der Waals surface area contributed by atoms with E-state index in [1.54, 1.807) is 0 Å². The van der Waals surface area contributed by atoms with E-state index in [0.29, 0.717) is 0 Å². The highest BCUT2D eigenvalue weighted by Crippen LogP contribution is 2.33. The van der Waals surface area contributed by atoms with Crippen LogP contribution in [0.1, 0.15) is 12.5 Å². The Balaban J connectivity index is 1.62. The first-order chi connectivity index (χ1) is 13.7. The summed E-state index contributed by atoms with van der Waals surface area (Å²) in [5.74, 6) is 0. The van der Waals surface area contributed by atoms with Gasteiger partial charge >= 0.3 is 0 Å². The zero-order valence-electron chi connectivity index (χ0n) is 15.8. The number of hydrogen-bond acceptors (Lipinski definition) is 1. The lowest BCUT2D eigenvalue weighted by molar-refractivity contribution is 1.14. The summed E-state index contributed by atoms with van der Waals surface area (Å²) in [6.07, 6.45) is 1.02. The predicted molar refractivity (Wildman–Crippen MR) is 124 cm³/mol. The fraction of sp³-hybridized carbons (Fsp3) is 0.0769. The molecule has 0 spiro atoms. The lowest BCUT2D eigenvalue weighted by Crippen LogP contribution is -1.95. The van der Waals surface area contributed by atoms with Crippen LogP contribution in [-0.4, -0.2) is 0 Å². The first kappa shape index (κ1) is 18.5. The minimum absolute atomic E-state index is 1.02. The van der Waals surface area contributed by atoms with Gasteiger partial charge in [0.05, 0.1) is 0 Å². The third-order valence-electron chi connectivity index (χ3n) is 4.96. The zero-order valence-corrected chi connectivity index (χ0v) is 17.4. The molecule has 0 aliphatic carbocycles. The van der Waals surface area contributed by atoms with Gasteiger partial charge in [-0.15, -0.1) is 0 Å². The highest BCUT2D eigenvalue weighted by molar-refractivity contribution is 9.10. The summed E-state index contributed by atoms with van der Waals surface area (Å²) < 4.78 is 1.10.